The van der Waals surface area contributed by atoms with Crippen LogP contribution < -0.4 is 5.43 Å². The molecule has 6 rings (SSSR count). The second-order valence-electron chi connectivity index (χ2n) is 8.44. The van der Waals surface area contributed by atoms with Gasteiger partial charge in [0.25, 0.3) is 5.91 Å². The molecule has 1 aromatic heterocycles. The lowest BCUT2D eigenvalue weighted by Gasteiger charge is -2.07. The SMILES string of the molecule is C/C(=N\NC(=O)c1cc(-c2ccc3c4c(cccc24)CC3)n[nH]1)c1cccc2ccccc12. The highest BCUT2D eigenvalue weighted by Crippen LogP contribution is 2.36. The largest absolute Gasteiger partial charge is 0.289 e. The number of hydrogen-bond donors (Lipinski definition) is 2. The lowest BCUT2D eigenvalue weighted by Crippen LogP contribution is -2.19. The zero-order chi connectivity index (χ0) is 22.4. The topological polar surface area (TPSA) is 70.1 Å². The van der Waals surface area contributed by atoms with Gasteiger partial charge in [-0.25, -0.2) is 5.43 Å². The van der Waals surface area contributed by atoms with E-state index in [2.05, 4.69) is 69.3 Å². The first-order chi connectivity index (χ1) is 16.2. The number of H-pyrrole nitrogens is 1. The number of rotatable bonds is 4. The van der Waals surface area contributed by atoms with Crippen molar-refractivity contribution in [2.24, 2.45) is 5.10 Å². The molecule has 1 heterocycles. The van der Waals surface area contributed by atoms with Crippen LogP contribution in [0.1, 0.15) is 34.1 Å². The van der Waals surface area contributed by atoms with Crippen LogP contribution in [0.15, 0.2) is 84.0 Å². The summed E-state index contributed by atoms with van der Waals surface area (Å²) in [6, 6.07) is 26.7. The molecule has 0 fully saturated rings. The fraction of sp³-hybridized carbons (Fsp3) is 0.107. The average Bonchev–Trinajstić information content (AvgIpc) is 3.51. The van der Waals surface area contributed by atoms with Crippen LogP contribution in [0.4, 0.5) is 0 Å². The number of carbonyl (C=O) groups excluding carboxylic acids is 1. The maximum Gasteiger partial charge on any atom is 0.289 e. The van der Waals surface area contributed by atoms with Gasteiger partial charge >= 0.3 is 0 Å². The van der Waals surface area contributed by atoms with E-state index >= 15 is 0 Å². The standard InChI is InChI=1S/C28H22N4O/c1-17(21-10-4-7-18-6-2-3-9-22(18)21)29-32-28(33)26-16-25(30-31-26)23-15-14-20-13-12-19-8-5-11-24(23)27(19)20/h2-11,14-16H,12-13H2,1H3,(H,30,31)(H,32,33)/b29-17+. The Morgan fingerprint density at radius 2 is 1.67 bits per heavy atom. The van der Waals surface area contributed by atoms with Gasteiger partial charge in [0.1, 0.15) is 5.69 Å². The van der Waals surface area contributed by atoms with E-state index in [0.29, 0.717) is 5.69 Å². The number of nitrogens with one attached hydrogen (secondary N) is 2. The van der Waals surface area contributed by atoms with Gasteiger partial charge in [-0.15, -0.1) is 0 Å². The highest BCUT2D eigenvalue weighted by atomic mass is 16.2. The Bertz CT molecular complexity index is 1560. The lowest BCUT2D eigenvalue weighted by atomic mass is 9.98. The summed E-state index contributed by atoms with van der Waals surface area (Å²) in [7, 11) is 0. The third-order valence-corrected chi connectivity index (χ3v) is 6.48. The molecule has 33 heavy (non-hydrogen) atoms. The van der Waals surface area contributed by atoms with Crippen LogP contribution in [-0.2, 0) is 12.8 Å². The number of hydrogen-bond acceptors (Lipinski definition) is 3. The number of fused-ring (bicyclic) bond motifs is 1. The van der Waals surface area contributed by atoms with Crippen molar-refractivity contribution >= 4 is 33.2 Å². The van der Waals surface area contributed by atoms with Crippen molar-refractivity contribution in [3.8, 4) is 11.3 Å². The monoisotopic (exact) mass is 430 g/mol. The van der Waals surface area contributed by atoms with Crippen molar-refractivity contribution in [2.45, 2.75) is 19.8 Å². The van der Waals surface area contributed by atoms with Crippen LogP contribution in [0.2, 0.25) is 0 Å². The molecule has 0 unspecified atom stereocenters. The first-order valence-electron chi connectivity index (χ1n) is 11.1. The van der Waals surface area contributed by atoms with Crippen LogP contribution >= 0.6 is 0 Å². The maximum atomic E-state index is 12.8. The highest BCUT2D eigenvalue weighted by Gasteiger charge is 2.18. The average molecular weight is 431 g/mol. The molecule has 5 nitrogen and oxygen atoms in total. The van der Waals surface area contributed by atoms with Gasteiger partial charge < -0.3 is 0 Å². The molecule has 0 saturated carbocycles. The van der Waals surface area contributed by atoms with Crippen molar-refractivity contribution in [2.75, 3.05) is 0 Å². The van der Waals surface area contributed by atoms with Gasteiger partial charge in [-0.1, -0.05) is 72.8 Å². The first kappa shape index (κ1) is 19.4. The Hall–Kier alpha value is -4.25. The van der Waals surface area contributed by atoms with Crippen molar-refractivity contribution in [3.05, 3.63) is 101 Å². The molecule has 0 aliphatic heterocycles. The summed E-state index contributed by atoms with van der Waals surface area (Å²) in [6.45, 7) is 1.90. The molecule has 0 saturated heterocycles. The van der Waals surface area contributed by atoms with Crippen LogP contribution in [0, 0.1) is 0 Å². The summed E-state index contributed by atoms with van der Waals surface area (Å²) in [5.41, 5.74) is 9.34. The molecule has 0 atom stereocenters. The number of aromatic amines is 1. The summed E-state index contributed by atoms with van der Waals surface area (Å²) in [6.07, 6.45) is 2.16. The van der Waals surface area contributed by atoms with Gasteiger partial charge in [-0.3, -0.25) is 9.89 Å². The Labute approximate surface area is 191 Å². The van der Waals surface area contributed by atoms with Gasteiger partial charge in [0.15, 0.2) is 0 Å². The van der Waals surface area contributed by atoms with E-state index in [1.807, 2.05) is 31.2 Å². The third kappa shape index (κ3) is 3.29. The van der Waals surface area contributed by atoms with Gasteiger partial charge in [-0.05, 0) is 58.5 Å². The minimum Gasteiger partial charge on any atom is -0.272 e. The van der Waals surface area contributed by atoms with Gasteiger partial charge in [0, 0.05) is 11.1 Å². The van der Waals surface area contributed by atoms with Gasteiger partial charge in [0.2, 0.25) is 0 Å². The lowest BCUT2D eigenvalue weighted by molar-refractivity contribution is 0.0950. The van der Waals surface area contributed by atoms with E-state index < -0.39 is 0 Å². The molecule has 0 bridgehead atoms. The van der Waals surface area contributed by atoms with Crippen LogP contribution in [0.3, 0.4) is 0 Å². The summed E-state index contributed by atoms with van der Waals surface area (Å²) in [4.78, 5) is 12.8. The number of amides is 1. The molecule has 160 valence electrons. The van der Waals surface area contributed by atoms with Gasteiger partial charge in [0.05, 0.1) is 11.4 Å². The van der Waals surface area contributed by atoms with Crippen LogP contribution in [0.5, 0.6) is 0 Å². The second kappa shape index (κ2) is 7.71. The number of carbonyl (C=O) groups is 1. The quantitative estimate of drug-likeness (QED) is 0.286. The molecule has 1 aliphatic carbocycles. The number of hydrazone groups is 1. The molecule has 0 radical (unpaired) electrons. The van der Waals surface area contributed by atoms with Crippen molar-refractivity contribution in [3.63, 3.8) is 0 Å². The molecule has 4 aromatic carbocycles. The first-order valence-corrected chi connectivity index (χ1v) is 11.1. The normalized spacial score (nSPS) is 13.1. The van der Waals surface area contributed by atoms with E-state index in [4.69, 9.17) is 0 Å². The van der Waals surface area contributed by atoms with E-state index in [1.54, 1.807) is 6.07 Å². The molecule has 5 aromatic rings. The van der Waals surface area contributed by atoms with Crippen molar-refractivity contribution < 1.29 is 4.79 Å². The fourth-order valence-electron chi connectivity index (χ4n) is 4.84. The molecule has 1 amide bonds. The molecular weight excluding hydrogens is 408 g/mol. The van der Waals surface area contributed by atoms with Crippen LogP contribution in [0.25, 0.3) is 32.8 Å². The Kier molecular flexibility index (Phi) is 4.54. The van der Waals surface area contributed by atoms with Crippen LogP contribution in [-0.4, -0.2) is 21.8 Å². The van der Waals surface area contributed by atoms with E-state index in [-0.39, 0.29) is 5.91 Å². The van der Waals surface area contributed by atoms with E-state index in [9.17, 15) is 4.79 Å². The Morgan fingerprint density at radius 3 is 2.58 bits per heavy atom. The Balaban J connectivity index is 1.28. The molecule has 2 N–H and O–H groups in total. The van der Waals surface area contributed by atoms with E-state index in [0.717, 1.165) is 46.1 Å². The number of benzene rings is 4. The summed E-state index contributed by atoms with van der Waals surface area (Å²) >= 11 is 0. The Morgan fingerprint density at radius 1 is 0.909 bits per heavy atom. The molecule has 0 spiro atoms. The van der Waals surface area contributed by atoms with E-state index in [1.165, 1.54) is 21.9 Å². The maximum absolute atomic E-state index is 12.8. The second-order valence-corrected chi connectivity index (χ2v) is 8.44. The molecule has 5 heteroatoms. The number of aryl methyl sites for hydroxylation is 2. The zero-order valence-corrected chi connectivity index (χ0v) is 18.2. The minimum atomic E-state index is -0.320. The predicted octanol–water partition coefficient (Wildman–Crippen LogP) is 5.64. The zero-order valence-electron chi connectivity index (χ0n) is 18.2. The van der Waals surface area contributed by atoms with Gasteiger partial charge in [-0.2, -0.15) is 10.2 Å². The third-order valence-electron chi connectivity index (χ3n) is 6.48. The summed E-state index contributed by atoms with van der Waals surface area (Å²) in [5.74, 6) is -0.320. The summed E-state index contributed by atoms with van der Waals surface area (Å²) < 4.78 is 0. The molecule has 1 aliphatic rings. The fourth-order valence-corrected chi connectivity index (χ4v) is 4.84. The highest BCUT2D eigenvalue weighted by molar-refractivity contribution is 6.10. The van der Waals surface area contributed by atoms with Crippen molar-refractivity contribution in [1.29, 1.82) is 0 Å². The minimum absolute atomic E-state index is 0.320. The number of aromatic nitrogens is 2. The smallest absolute Gasteiger partial charge is 0.272 e. The summed E-state index contributed by atoms with van der Waals surface area (Å²) in [5, 5.41) is 16.4. The number of nitrogens with zero attached hydrogens (tertiary/aromatic N) is 2. The molecular formula is C28H22N4O. The predicted molar refractivity (Wildman–Crippen MR) is 133 cm³/mol. The van der Waals surface area contributed by atoms with Crippen molar-refractivity contribution in [1.82, 2.24) is 15.6 Å².